The highest BCUT2D eigenvalue weighted by atomic mass is 35.5. The Kier molecular flexibility index (Phi) is 10.5. The SMILES string of the molecule is COc1nc(-c2cccc(-c3cccc(-c4cnc(CNC[C@@H]5CCCN5)c(OC)n4)c3Cl)c2Cl)ccc1CN[C@H]1CCOC1. The highest BCUT2D eigenvalue weighted by molar-refractivity contribution is 6.39. The largest absolute Gasteiger partial charge is 0.481 e. The second kappa shape index (κ2) is 14.9. The van der Waals surface area contributed by atoms with Crippen LogP contribution in [0, 0.1) is 0 Å². The zero-order valence-electron chi connectivity index (χ0n) is 25.5. The van der Waals surface area contributed by atoms with Crippen molar-refractivity contribution in [2.45, 2.75) is 44.4 Å². The van der Waals surface area contributed by atoms with Crippen molar-refractivity contribution in [3.8, 4) is 45.4 Å². The minimum absolute atomic E-state index is 0.340. The number of rotatable bonds is 12. The highest BCUT2D eigenvalue weighted by Crippen LogP contribution is 2.42. The molecule has 2 aliphatic rings. The number of benzene rings is 2. The first kappa shape index (κ1) is 31.7. The maximum absolute atomic E-state index is 7.07. The van der Waals surface area contributed by atoms with Gasteiger partial charge in [0.05, 0.1) is 48.5 Å². The molecule has 2 aliphatic heterocycles. The summed E-state index contributed by atoms with van der Waals surface area (Å²) in [5, 5.41) is 11.5. The highest BCUT2D eigenvalue weighted by Gasteiger charge is 2.20. The number of hydrogen-bond acceptors (Lipinski definition) is 9. The van der Waals surface area contributed by atoms with Gasteiger partial charge in [0, 0.05) is 66.1 Å². The van der Waals surface area contributed by atoms with Gasteiger partial charge in [0.25, 0.3) is 0 Å². The molecule has 0 bridgehead atoms. The fourth-order valence-corrected chi connectivity index (χ4v) is 6.51. The normalized spacial score (nSPS) is 18.0. The zero-order chi connectivity index (χ0) is 31.2. The molecule has 2 fully saturated rings. The van der Waals surface area contributed by atoms with Crippen LogP contribution in [0.15, 0.2) is 54.7 Å². The first-order valence-corrected chi connectivity index (χ1v) is 16.1. The number of nitrogens with one attached hydrogen (secondary N) is 3. The number of methoxy groups -OCH3 is 2. The maximum Gasteiger partial charge on any atom is 0.237 e. The Morgan fingerprint density at radius 3 is 2.24 bits per heavy atom. The van der Waals surface area contributed by atoms with E-state index in [4.69, 9.17) is 47.4 Å². The van der Waals surface area contributed by atoms with Crippen molar-refractivity contribution < 1.29 is 14.2 Å². The predicted molar refractivity (Wildman–Crippen MR) is 178 cm³/mol. The molecule has 0 amide bonds. The van der Waals surface area contributed by atoms with Crippen molar-refractivity contribution in [3.05, 3.63) is 76.0 Å². The Labute approximate surface area is 274 Å². The third kappa shape index (κ3) is 7.25. The van der Waals surface area contributed by atoms with Gasteiger partial charge in [-0.15, -0.1) is 0 Å². The molecule has 9 nitrogen and oxygen atoms in total. The van der Waals surface area contributed by atoms with Crippen molar-refractivity contribution in [3.63, 3.8) is 0 Å². The third-order valence-corrected chi connectivity index (χ3v) is 9.15. The molecular formula is C34H38Cl2N6O3. The van der Waals surface area contributed by atoms with Crippen LogP contribution in [0.2, 0.25) is 10.0 Å². The summed E-state index contributed by atoms with van der Waals surface area (Å²) in [4.78, 5) is 14.3. The van der Waals surface area contributed by atoms with E-state index in [1.807, 2.05) is 48.5 Å². The van der Waals surface area contributed by atoms with Gasteiger partial charge in [-0.3, -0.25) is 4.98 Å². The second-order valence-electron chi connectivity index (χ2n) is 11.3. The van der Waals surface area contributed by atoms with Crippen LogP contribution >= 0.6 is 23.2 Å². The Bertz CT molecular complexity index is 1630. The van der Waals surface area contributed by atoms with E-state index in [1.165, 1.54) is 12.8 Å². The van der Waals surface area contributed by atoms with Crippen molar-refractivity contribution in [1.29, 1.82) is 0 Å². The monoisotopic (exact) mass is 648 g/mol. The molecule has 3 N–H and O–H groups in total. The summed E-state index contributed by atoms with van der Waals surface area (Å²) in [6, 6.07) is 16.5. The van der Waals surface area contributed by atoms with Gasteiger partial charge in [-0.1, -0.05) is 65.7 Å². The summed E-state index contributed by atoms with van der Waals surface area (Å²) in [7, 11) is 3.24. The summed E-state index contributed by atoms with van der Waals surface area (Å²) in [5.41, 5.74) is 6.14. The number of pyridine rings is 1. The molecule has 0 aliphatic carbocycles. The lowest BCUT2D eigenvalue weighted by molar-refractivity contribution is 0.189. The van der Waals surface area contributed by atoms with Gasteiger partial charge in [-0.25, -0.2) is 9.97 Å². The molecule has 6 rings (SSSR count). The minimum atomic E-state index is 0.340. The quantitative estimate of drug-likeness (QED) is 0.173. The molecule has 4 aromatic rings. The Balaban J connectivity index is 1.24. The summed E-state index contributed by atoms with van der Waals surface area (Å²) in [5.74, 6) is 1.03. The Morgan fingerprint density at radius 2 is 1.58 bits per heavy atom. The van der Waals surface area contributed by atoms with Crippen LogP contribution in [0.25, 0.3) is 33.6 Å². The molecule has 2 atom stereocenters. The smallest absolute Gasteiger partial charge is 0.237 e. The van der Waals surface area contributed by atoms with Crippen LogP contribution in [0.5, 0.6) is 11.8 Å². The number of halogens is 2. The zero-order valence-corrected chi connectivity index (χ0v) is 27.0. The first-order valence-electron chi connectivity index (χ1n) is 15.3. The van der Waals surface area contributed by atoms with Gasteiger partial charge in [-0.05, 0) is 31.9 Å². The molecular weight excluding hydrogens is 611 g/mol. The van der Waals surface area contributed by atoms with Crippen molar-refractivity contribution in [2.24, 2.45) is 0 Å². The molecule has 4 heterocycles. The molecule has 11 heteroatoms. The predicted octanol–water partition coefficient (Wildman–Crippen LogP) is 5.92. The average molecular weight is 650 g/mol. The Morgan fingerprint density at radius 1 is 0.867 bits per heavy atom. The van der Waals surface area contributed by atoms with E-state index in [-0.39, 0.29) is 0 Å². The lowest BCUT2D eigenvalue weighted by Gasteiger charge is -2.16. The topological polar surface area (TPSA) is 102 Å². The molecule has 0 saturated carbocycles. The van der Waals surface area contributed by atoms with Crippen molar-refractivity contribution >= 4 is 23.2 Å². The Hall–Kier alpha value is -3.31. The van der Waals surface area contributed by atoms with E-state index in [0.29, 0.717) is 58.4 Å². The first-order chi connectivity index (χ1) is 22.1. The summed E-state index contributed by atoms with van der Waals surface area (Å²) in [6.07, 6.45) is 5.14. The summed E-state index contributed by atoms with van der Waals surface area (Å²) < 4.78 is 16.7. The fraction of sp³-hybridized carbons (Fsp3) is 0.382. The number of aromatic nitrogens is 3. The molecule has 2 aromatic heterocycles. The second-order valence-corrected chi connectivity index (χ2v) is 12.0. The molecule has 2 aromatic carbocycles. The van der Waals surface area contributed by atoms with E-state index >= 15 is 0 Å². The minimum Gasteiger partial charge on any atom is -0.481 e. The van der Waals surface area contributed by atoms with E-state index in [9.17, 15) is 0 Å². The number of ether oxygens (including phenoxy) is 3. The van der Waals surface area contributed by atoms with Gasteiger partial charge >= 0.3 is 0 Å². The molecule has 0 unspecified atom stereocenters. The van der Waals surface area contributed by atoms with Gasteiger partial charge in [0.2, 0.25) is 11.8 Å². The van der Waals surface area contributed by atoms with Gasteiger partial charge in [0.1, 0.15) is 5.69 Å². The molecule has 2 saturated heterocycles. The molecule has 0 spiro atoms. The lowest BCUT2D eigenvalue weighted by Crippen LogP contribution is -2.33. The van der Waals surface area contributed by atoms with Crippen molar-refractivity contribution in [2.75, 3.05) is 40.5 Å². The number of nitrogens with zero attached hydrogens (tertiary/aromatic N) is 3. The van der Waals surface area contributed by atoms with Gasteiger partial charge in [0.15, 0.2) is 0 Å². The van der Waals surface area contributed by atoms with E-state index in [2.05, 4.69) is 20.9 Å². The van der Waals surface area contributed by atoms with Gasteiger partial charge < -0.3 is 30.2 Å². The van der Waals surface area contributed by atoms with E-state index < -0.39 is 0 Å². The van der Waals surface area contributed by atoms with Crippen LogP contribution < -0.4 is 25.4 Å². The number of hydrogen-bond donors (Lipinski definition) is 3. The maximum atomic E-state index is 7.07. The fourth-order valence-electron chi connectivity index (χ4n) is 5.86. The van der Waals surface area contributed by atoms with E-state index in [1.54, 1.807) is 20.4 Å². The van der Waals surface area contributed by atoms with E-state index in [0.717, 1.165) is 66.2 Å². The molecule has 236 valence electrons. The summed E-state index contributed by atoms with van der Waals surface area (Å²) >= 11 is 14.1. The van der Waals surface area contributed by atoms with Crippen LogP contribution in [0.3, 0.4) is 0 Å². The third-order valence-electron chi connectivity index (χ3n) is 8.33. The van der Waals surface area contributed by atoms with Crippen LogP contribution in [-0.2, 0) is 17.8 Å². The molecule has 0 radical (unpaired) electrons. The summed E-state index contributed by atoms with van der Waals surface area (Å²) in [6.45, 7) is 4.67. The lowest BCUT2D eigenvalue weighted by atomic mass is 9.98. The van der Waals surface area contributed by atoms with Crippen LogP contribution in [-0.4, -0.2) is 67.6 Å². The average Bonchev–Trinajstić information content (AvgIpc) is 3.79. The van der Waals surface area contributed by atoms with Crippen LogP contribution in [0.1, 0.15) is 30.5 Å². The van der Waals surface area contributed by atoms with Crippen molar-refractivity contribution in [1.82, 2.24) is 30.9 Å². The molecule has 45 heavy (non-hydrogen) atoms. The van der Waals surface area contributed by atoms with Crippen LogP contribution in [0.4, 0.5) is 0 Å². The standard InChI is InChI=1S/C34H38Cl2N6O3/c1-43-33-21(16-39-23-13-15-45-20-23)11-12-28(41-33)26-9-3-7-24(31(26)35)25-8-4-10-27(32(25)36)29-19-40-30(34(42-29)44-2)18-37-17-22-6-5-14-38-22/h3-4,7-12,19,22-23,37-39H,5-6,13-18,20H2,1-2H3/t22-,23-/m0/s1. The van der Waals surface area contributed by atoms with Gasteiger partial charge in [-0.2, -0.15) is 0 Å².